The summed E-state index contributed by atoms with van der Waals surface area (Å²) in [6.07, 6.45) is 2.38. The fourth-order valence-electron chi connectivity index (χ4n) is 1.41. The Labute approximate surface area is 118 Å². The van der Waals surface area contributed by atoms with Crippen LogP contribution in [0.3, 0.4) is 0 Å². The van der Waals surface area contributed by atoms with Crippen LogP contribution in [0.5, 0.6) is 0 Å². The van der Waals surface area contributed by atoms with Gasteiger partial charge >= 0.3 is 0 Å². The van der Waals surface area contributed by atoms with Crippen molar-refractivity contribution in [1.29, 1.82) is 0 Å². The molecule has 0 spiro atoms. The van der Waals surface area contributed by atoms with Gasteiger partial charge in [-0.25, -0.2) is 0 Å². The van der Waals surface area contributed by atoms with Gasteiger partial charge in [-0.3, -0.25) is 4.79 Å². The molecule has 0 bridgehead atoms. The van der Waals surface area contributed by atoms with E-state index in [0.29, 0.717) is 5.02 Å². The van der Waals surface area contributed by atoms with E-state index in [0.717, 1.165) is 11.1 Å². The molecule has 1 rings (SSSR count). The topological polar surface area (TPSA) is 58.6 Å². The lowest BCUT2D eigenvalue weighted by molar-refractivity contribution is -0.117. The van der Waals surface area contributed by atoms with Crippen molar-refractivity contribution >= 4 is 23.6 Å². The number of aryl methyl sites for hydroxylation is 1. The van der Waals surface area contributed by atoms with Gasteiger partial charge in [0, 0.05) is 24.8 Å². The second-order valence-corrected chi connectivity index (χ2v) is 4.60. The Balaban J connectivity index is 2.47. The number of benzene rings is 1. The summed E-state index contributed by atoms with van der Waals surface area (Å²) < 4.78 is 4.76. The molecule has 1 amide bonds. The first kappa shape index (κ1) is 15.7. The molecule has 2 N–H and O–H groups in total. The number of nitrogens with one attached hydrogen (secondary N) is 1. The maximum absolute atomic E-state index is 11.5. The Hall–Kier alpha value is -1.36. The predicted molar refractivity (Wildman–Crippen MR) is 76.1 cm³/mol. The first-order chi connectivity index (χ1) is 9.02. The third-order valence-corrected chi connectivity index (χ3v) is 2.90. The van der Waals surface area contributed by atoms with Gasteiger partial charge in [-0.15, -0.1) is 0 Å². The standard InChI is InChI=1S/C14H18ClNO3/c1-10-3-4-11(7-13(10)15)5-6-14(18)16-8-12(17)9-19-2/h3-7,12,17H,8-9H2,1-2H3,(H,16,18)/b6-5+. The Kier molecular flexibility index (Phi) is 6.56. The maximum atomic E-state index is 11.5. The molecule has 5 heteroatoms. The minimum atomic E-state index is -0.698. The summed E-state index contributed by atoms with van der Waals surface area (Å²) in [4.78, 5) is 11.5. The predicted octanol–water partition coefficient (Wildman–Crippen LogP) is 1.79. The van der Waals surface area contributed by atoms with Crippen LogP contribution in [0.4, 0.5) is 0 Å². The van der Waals surface area contributed by atoms with E-state index in [4.69, 9.17) is 16.3 Å². The zero-order chi connectivity index (χ0) is 14.3. The lowest BCUT2D eigenvalue weighted by Crippen LogP contribution is -2.33. The van der Waals surface area contributed by atoms with Crippen LogP contribution in [0.1, 0.15) is 11.1 Å². The molecule has 19 heavy (non-hydrogen) atoms. The van der Waals surface area contributed by atoms with Crippen molar-refractivity contribution in [3.8, 4) is 0 Å². The van der Waals surface area contributed by atoms with Gasteiger partial charge in [-0.1, -0.05) is 23.7 Å². The molecule has 1 aromatic carbocycles. The number of hydrogen-bond acceptors (Lipinski definition) is 3. The van der Waals surface area contributed by atoms with E-state index in [9.17, 15) is 9.90 Å². The Bertz CT molecular complexity index is 460. The average Bonchev–Trinajstić information content (AvgIpc) is 2.38. The molecule has 0 radical (unpaired) electrons. The van der Waals surface area contributed by atoms with Crippen LogP contribution < -0.4 is 5.32 Å². The molecule has 1 atom stereocenters. The second-order valence-electron chi connectivity index (χ2n) is 4.20. The van der Waals surface area contributed by atoms with Crippen molar-refractivity contribution in [3.63, 3.8) is 0 Å². The Morgan fingerprint density at radius 2 is 2.32 bits per heavy atom. The maximum Gasteiger partial charge on any atom is 0.244 e. The van der Waals surface area contributed by atoms with E-state index < -0.39 is 6.10 Å². The smallest absolute Gasteiger partial charge is 0.244 e. The highest BCUT2D eigenvalue weighted by atomic mass is 35.5. The number of methoxy groups -OCH3 is 1. The van der Waals surface area contributed by atoms with E-state index >= 15 is 0 Å². The highest BCUT2D eigenvalue weighted by Gasteiger charge is 2.04. The number of carbonyl (C=O) groups is 1. The van der Waals surface area contributed by atoms with Crippen LogP contribution >= 0.6 is 11.6 Å². The van der Waals surface area contributed by atoms with Gasteiger partial charge in [-0.05, 0) is 30.2 Å². The van der Waals surface area contributed by atoms with Crippen LogP contribution in [0, 0.1) is 6.92 Å². The molecule has 0 aliphatic rings. The minimum Gasteiger partial charge on any atom is -0.389 e. The van der Waals surface area contributed by atoms with Gasteiger partial charge in [-0.2, -0.15) is 0 Å². The van der Waals surface area contributed by atoms with Gasteiger partial charge in [0.2, 0.25) is 5.91 Å². The molecule has 0 aliphatic carbocycles. The number of halogens is 1. The van der Waals surface area contributed by atoms with Crippen molar-refractivity contribution < 1.29 is 14.6 Å². The van der Waals surface area contributed by atoms with Gasteiger partial charge in [0.05, 0.1) is 12.7 Å². The van der Waals surface area contributed by atoms with E-state index in [-0.39, 0.29) is 19.1 Å². The number of ether oxygens (including phenoxy) is 1. The average molecular weight is 284 g/mol. The number of carbonyl (C=O) groups excluding carboxylic acids is 1. The fraction of sp³-hybridized carbons (Fsp3) is 0.357. The molecule has 0 aliphatic heterocycles. The Morgan fingerprint density at radius 3 is 2.95 bits per heavy atom. The largest absolute Gasteiger partial charge is 0.389 e. The summed E-state index contributed by atoms with van der Waals surface area (Å²) in [5.74, 6) is -0.271. The lowest BCUT2D eigenvalue weighted by atomic mass is 10.1. The van der Waals surface area contributed by atoms with Gasteiger partial charge in [0.25, 0.3) is 0 Å². The van der Waals surface area contributed by atoms with Gasteiger partial charge in [0.15, 0.2) is 0 Å². The van der Waals surface area contributed by atoms with Crippen LogP contribution in [0.25, 0.3) is 6.08 Å². The molecule has 0 saturated carbocycles. The quantitative estimate of drug-likeness (QED) is 0.783. The third-order valence-electron chi connectivity index (χ3n) is 2.49. The molecular formula is C14H18ClNO3. The van der Waals surface area contributed by atoms with Crippen LogP contribution in [-0.2, 0) is 9.53 Å². The van der Waals surface area contributed by atoms with E-state index in [1.807, 2.05) is 19.1 Å². The van der Waals surface area contributed by atoms with Crippen molar-refractivity contribution in [3.05, 3.63) is 40.4 Å². The molecule has 0 saturated heterocycles. The highest BCUT2D eigenvalue weighted by Crippen LogP contribution is 2.17. The van der Waals surface area contributed by atoms with E-state index in [2.05, 4.69) is 5.32 Å². The monoisotopic (exact) mass is 283 g/mol. The molecule has 0 heterocycles. The van der Waals surface area contributed by atoms with Crippen LogP contribution in [-0.4, -0.2) is 37.4 Å². The van der Waals surface area contributed by atoms with Crippen LogP contribution in [0.15, 0.2) is 24.3 Å². The number of rotatable bonds is 6. The van der Waals surface area contributed by atoms with E-state index in [1.165, 1.54) is 13.2 Å². The van der Waals surface area contributed by atoms with Crippen molar-refractivity contribution in [2.45, 2.75) is 13.0 Å². The number of amides is 1. The second kappa shape index (κ2) is 7.94. The van der Waals surface area contributed by atoms with Crippen LogP contribution in [0.2, 0.25) is 5.02 Å². The molecule has 1 unspecified atom stereocenters. The van der Waals surface area contributed by atoms with Gasteiger partial charge in [0.1, 0.15) is 0 Å². The summed E-state index contributed by atoms with van der Waals surface area (Å²) in [7, 11) is 1.49. The van der Waals surface area contributed by atoms with Crippen molar-refractivity contribution in [1.82, 2.24) is 5.32 Å². The van der Waals surface area contributed by atoms with E-state index in [1.54, 1.807) is 12.1 Å². The molecule has 0 aromatic heterocycles. The number of aliphatic hydroxyl groups is 1. The first-order valence-electron chi connectivity index (χ1n) is 5.92. The first-order valence-corrected chi connectivity index (χ1v) is 6.29. The third kappa shape index (κ3) is 5.87. The number of hydrogen-bond donors (Lipinski definition) is 2. The summed E-state index contributed by atoms with van der Waals surface area (Å²) in [6, 6.07) is 5.56. The summed E-state index contributed by atoms with van der Waals surface area (Å²) in [5, 5.41) is 12.6. The highest BCUT2D eigenvalue weighted by molar-refractivity contribution is 6.31. The summed E-state index contributed by atoms with van der Waals surface area (Å²) >= 11 is 5.99. The number of aliphatic hydroxyl groups excluding tert-OH is 1. The molecule has 104 valence electrons. The van der Waals surface area contributed by atoms with Gasteiger partial charge < -0.3 is 15.2 Å². The summed E-state index contributed by atoms with van der Waals surface area (Å²) in [6.45, 7) is 2.27. The molecule has 4 nitrogen and oxygen atoms in total. The van der Waals surface area contributed by atoms with Crippen molar-refractivity contribution in [2.75, 3.05) is 20.3 Å². The zero-order valence-electron chi connectivity index (χ0n) is 11.0. The normalized spacial score (nSPS) is 12.6. The molecule has 1 aromatic rings. The molecule has 0 fully saturated rings. The lowest BCUT2D eigenvalue weighted by Gasteiger charge is -2.09. The Morgan fingerprint density at radius 1 is 1.58 bits per heavy atom. The fourth-order valence-corrected chi connectivity index (χ4v) is 1.60. The zero-order valence-corrected chi connectivity index (χ0v) is 11.8. The minimum absolute atomic E-state index is 0.158. The summed E-state index contributed by atoms with van der Waals surface area (Å²) in [5.41, 5.74) is 1.84. The van der Waals surface area contributed by atoms with Crippen molar-refractivity contribution in [2.24, 2.45) is 0 Å². The molecular weight excluding hydrogens is 266 g/mol. The SMILES string of the molecule is COCC(O)CNC(=O)/C=C/c1ccc(C)c(Cl)c1.